The van der Waals surface area contributed by atoms with Crippen LogP contribution in [0.25, 0.3) is 0 Å². The van der Waals surface area contributed by atoms with Gasteiger partial charge in [0.15, 0.2) is 0 Å². The minimum absolute atomic E-state index is 0.140. The van der Waals surface area contributed by atoms with Crippen LogP contribution >= 0.6 is 0 Å². The lowest BCUT2D eigenvalue weighted by Gasteiger charge is -2.39. The Labute approximate surface area is 130 Å². The molecule has 0 atom stereocenters. The lowest BCUT2D eigenvalue weighted by molar-refractivity contribution is -0.142. The summed E-state index contributed by atoms with van der Waals surface area (Å²) < 4.78 is 1.84. The molecule has 1 aromatic carbocycles. The summed E-state index contributed by atoms with van der Waals surface area (Å²) in [6.45, 7) is 2.30. The molecule has 0 spiro atoms. The zero-order valence-corrected chi connectivity index (χ0v) is 12.9. The van der Waals surface area contributed by atoms with Gasteiger partial charge in [0.25, 0.3) is 5.91 Å². The van der Waals surface area contributed by atoms with E-state index in [0.717, 1.165) is 31.5 Å². The smallest absolute Gasteiger partial charge is 0.250 e. The van der Waals surface area contributed by atoms with E-state index in [4.69, 9.17) is 0 Å². The summed E-state index contributed by atoms with van der Waals surface area (Å²) in [5, 5.41) is 7.70. The van der Waals surface area contributed by atoms with Gasteiger partial charge in [0.05, 0.1) is 0 Å². The number of nitrogens with one attached hydrogen (secondary N) is 1. The molecule has 116 valence electrons. The zero-order valence-electron chi connectivity index (χ0n) is 12.9. The molecule has 2 aromatic rings. The number of likely N-dealkylation sites (N-methyl/N-ethyl adjacent to an activating group) is 1. The summed E-state index contributed by atoms with van der Waals surface area (Å²) in [5.74, 6) is 0.140. The first-order valence-electron chi connectivity index (χ1n) is 7.73. The lowest BCUT2D eigenvalue weighted by Crippen LogP contribution is -2.54. The van der Waals surface area contributed by atoms with E-state index in [2.05, 4.69) is 10.4 Å². The Bertz CT molecular complexity index is 603. The molecule has 1 saturated heterocycles. The van der Waals surface area contributed by atoms with Crippen LogP contribution in [-0.2, 0) is 16.9 Å². The molecule has 5 nitrogen and oxygen atoms in total. The molecule has 1 aliphatic rings. The van der Waals surface area contributed by atoms with Gasteiger partial charge < -0.3 is 10.2 Å². The van der Waals surface area contributed by atoms with Crippen LogP contribution in [0.2, 0.25) is 0 Å². The third-order valence-corrected chi connectivity index (χ3v) is 4.38. The molecular weight excluding hydrogens is 276 g/mol. The number of aromatic nitrogens is 2. The molecule has 0 saturated carbocycles. The van der Waals surface area contributed by atoms with Crippen molar-refractivity contribution in [1.82, 2.24) is 20.0 Å². The van der Waals surface area contributed by atoms with Crippen molar-refractivity contribution in [2.45, 2.75) is 24.9 Å². The van der Waals surface area contributed by atoms with Crippen molar-refractivity contribution in [1.29, 1.82) is 0 Å². The number of carbonyl (C=O) groups excluding carboxylic acids is 1. The van der Waals surface area contributed by atoms with Crippen LogP contribution in [0.1, 0.15) is 18.4 Å². The Morgan fingerprint density at radius 2 is 2.00 bits per heavy atom. The summed E-state index contributed by atoms with van der Waals surface area (Å²) >= 11 is 0. The van der Waals surface area contributed by atoms with E-state index in [1.54, 1.807) is 6.20 Å². The van der Waals surface area contributed by atoms with Gasteiger partial charge in [0, 0.05) is 26.0 Å². The Morgan fingerprint density at radius 1 is 1.27 bits per heavy atom. The van der Waals surface area contributed by atoms with Crippen molar-refractivity contribution in [3.05, 3.63) is 54.4 Å². The van der Waals surface area contributed by atoms with Crippen molar-refractivity contribution < 1.29 is 4.79 Å². The van der Waals surface area contributed by atoms with E-state index in [1.165, 1.54) is 0 Å². The molecule has 0 aliphatic carbocycles. The summed E-state index contributed by atoms with van der Waals surface area (Å²) in [6, 6.07) is 12.0. The predicted molar refractivity (Wildman–Crippen MR) is 85.2 cm³/mol. The van der Waals surface area contributed by atoms with E-state index in [-0.39, 0.29) is 5.91 Å². The monoisotopic (exact) mass is 298 g/mol. The SMILES string of the molecule is CN(Cc1ccccc1)C(=O)C1(n2cccn2)CCNCC1. The van der Waals surface area contributed by atoms with Gasteiger partial charge in [0.1, 0.15) is 5.54 Å². The first-order chi connectivity index (χ1) is 10.7. The van der Waals surface area contributed by atoms with Crippen LogP contribution in [0, 0.1) is 0 Å². The molecule has 22 heavy (non-hydrogen) atoms. The van der Waals surface area contributed by atoms with Crippen molar-refractivity contribution in [2.24, 2.45) is 0 Å². The van der Waals surface area contributed by atoms with E-state index < -0.39 is 5.54 Å². The van der Waals surface area contributed by atoms with E-state index in [9.17, 15) is 4.79 Å². The minimum atomic E-state index is -0.557. The van der Waals surface area contributed by atoms with Gasteiger partial charge in [-0.3, -0.25) is 9.48 Å². The largest absolute Gasteiger partial charge is 0.339 e. The van der Waals surface area contributed by atoms with Gasteiger partial charge >= 0.3 is 0 Å². The van der Waals surface area contributed by atoms with Crippen molar-refractivity contribution in [3.8, 4) is 0 Å². The van der Waals surface area contributed by atoms with Gasteiger partial charge in [-0.15, -0.1) is 0 Å². The third kappa shape index (κ3) is 2.76. The van der Waals surface area contributed by atoms with Gasteiger partial charge in [-0.05, 0) is 37.6 Å². The molecule has 1 fully saturated rings. The number of carbonyl (C=O) groups is 1. The number of amides is 1. The first kappa shape index (κ1) is 14.8. The number of rotatable bonds is 4. The predicted octanol–water partition coefficient (Wildman–Crippen LogP) is 1.62. The molecule has 1 N–H and O–H groups in total. The number of benzene rings is 1. The molecule has 1 aliphatic heterocycles. The quantitative estimate of drug-likeness (QED) is 0.933. The molecule has 1 aromatic heterocycles. The second-order valence-electron chi connectivity index (χ2n) is 5.88. The maximum atomic E-state index is 13.2. The first-order valence-corrected chi connectivity index (χ1v) is 7.73. The van der Waals surface area contributed by atoms with Crippen molar-refractivity contribution in [3.63, 3.8) is 0 Å². The number of hydrogen-bond donors (Lipinski definition) is 1. The highest BCUT2D eigenvalue weighted by Crippen LogP contribution is 2.29. The van der Waals surface area contributed by atoms with Crippen LogP contribution in [0.4, 0.5) is 0 Å². The second kappa shape index (κ2) is 6.32. The second-order valence-corrected chi connectivity index (χ2v) is 5.88. The van der Waals surface area contributed by atoms with Crippen molar-refractivity contribution >= 4 is 5.91 Å². The Morgan fingerprint density at radius 3 is 2.64 bits per heavy atom. The fraction of sp³-hybridized carbons (Fsp3) is 0.412. The average molecular weight is 298 g/mol. The minimum Gasteiger partial charge on any atom is -0.339 e. The Balaban J connectivity index is 1.83. The fourth-order valence-corrected chi connectivity index (χ4v) is 3.19. The standard InChI is InChI=1S/C17H22N4O/c1-20(14-15-6-3-2-4-7-15)16(22)17(8-11-18-12-9-17)21-13-5-10-19-21/h2-7,10,13,18H,8-9,11-12,14H2,1H3. The summed E-state index contributed by atoms with van der Waals surface area (Å²) in [7, 11) is 1.88. The number of nitrogens with zero attached hydrogens (tertiary/aromatic N) is 3. The zero-order chi connectivity index (χ0) is 15.4. The van der Waals surface area contributed by atoms with Crippen LogP contribution in [0.15, 0.2) is 48.8 Å². The van der Waals surface area contributed by atoms with Gasteiger partial charge in [-0.2, -0.15) is 5.10 Å². The van der Waals surface area contributed by atoms with E-state index >= 15 is 0 Å². The molecule has 3 rings (SSSR count). The molecule has 0 bridgehead atoms. The van der Waals surface area contributed by atoms with Crippen LogP contribution in [0.5, 0.6) is 0 Å². The van der Waals surface area contributed by atoms with Crippen LogP contribution in [-0.4, -0.2) is 40.7 Å². The summed E-state index contributed by atoms with van der Waals surface area (Å²) in [5.41, 5.74) is 0.584. The van der Waals surface area contributed by atoms with Gasteiger partial charge in [-0.1, -0.05) is 30.3 Å². The molecule has 2 heterocycles. The highest BCUT2D eigenvalue weighted by molar-refractivity contribution is 5.84. The summed E-state index contributed by atoms with van der Waals surface area (Å²) in [4.78, 5) is 15.0. The molecule has 5 heteroatoms. The Hall–Kier alpha value is -2.14. The normalized spacial score (nSPS) is 17.1. The molecule has 0 radical (unpaired) electrons. The number of hydrogen-bond acceptors (Lipinski definition) is 3. The maximum absolute atomic E-state index is 13.2. The van der Waals surface area contributed by atoms with Gasteiger partial charge in [-0.25, -0.2) is 0 Å². The van der Waals surface area contributed by atoms with Crippen molar-refractivity contribution in [2.75, 3.05) is 20.1 Å². The highest BCUT2D eigenvalue weighted by atomic mass is 16.2. The highest BCUT2D eigenvalue weighted by Gasteiger charge is 2.43. The number of piperidine rings is 1. The third-order valence-electron chi connectivity index (χ3n) is 4.38. The Kier molecular flexibility index (Phi) is 4.24. The molecule has 0 unspecified atom stereocenters. The van der Waals surface area contributed by atoms with Crippen LogP contribution in [0.3, 0.4) is 0 Å². The topological polar surface area (TPSA) is 50.2 Å². The summed E-state index contributed by atoms with van der Waals surface area (Å²) in [6.07, 6.45) is 5.19. The van der Waals surface area contributed by atoms with E-state index in [1.807, 2.05) is 59.2 Å². The van der Waals surface area contributed by atoms with Crippen LogP contribution < -0.4 is 5.32 Å². The molecular formula is C17H22N4O. The van der Waals surface area contributed by atoms with E-state index in [0.29, 0.717) is 6.54 Å². The van der Waals surface area contributed by atoms with Gasteiger partial charge in [0.2, 0.25) is 0 Å². The molecule has 1 amide bonds. The lowest BCUT2D eigenvalue weighted by atomic mass is 9.86. The average Bonchev–Trinajstić information content (AvgIpc) is 3.11. The maximum Gasteiger partial charge on any atom is 0.250 e. The fourth-order valence-electron chi connectivity index (χ4n) is 3.19.